The molecule has 2 atom stereocenters. The first-order valence-corrected chi connectivity index (χ1v) is 6.66. The zero-order valence-electron chi connectivity index (χ0n) is 10.9. The third-order valence-corrected chi connectivity index (χ3v) is 4.33. The predicted molar refractivity (Wildman–Crippen MR) is 72.5 cm³/mol. The molecule has 1 heterocycles. The lowest BCUT2D eigenvalue weighted by molar-refractivity contribution is -0.131. The van der Waals surface area contributed by atoms with Crippen LogP contribution in [0.3, 0.4) is 0 Å². The third kappa shape index (κ3) is 3.35. The van der Waals surface area contributed by atoms with Crippen molar-refractivity contribution in [2.24, 2.45) is 5.41 Å². The zero-order valence-corrected chi connectivity index (χ0v) is 11.7. The van der Waals surface area contributed by atoms with Crippen molar-refractivity contribution in [1.82, 2.24) is 10.6 Å². The highest BCUT2D eigenvalue weighted by Gasteiger charge is 2.37. The molecule has 1 saturated heterocycles. The fourth-order valence-corrected chi connectivity index (χ4v) is 2.97. The topological polar surface area (TPSA) is 41.1 Å². The van der Waals surface area contributed by atoms with E-state index in [9.17, 15) is 4.79 Å². The molecule has 0 spiro atoms. The summed E-state index contributed by atoms with van der Waals surface area (Å²) in [6.07, 6.45) is 6.84. The third-order valence-electron chi connectivity index (χ3n) is 4.33. The standard InChI is InChI=1S/C13H24N2O.ClH/c1-10-11(6-5-9-14-10)15-12(16)13(2)7-3-4-8-13;/h10-11,14H,3-9H2,1-2H3,(H,15,16);1H. The molecule has 0 aromatic carbocycles. The first kappa shape index (κ1) is 14.8. The van der Waals surface area contributed by atoms with Crippen LogP contribution in [0.2, 0.25) is 0 Å². The maximum atomic E-state index is 12.2. The highest BCUT2D eigenvalue weighted by molar-refractivity contribution is 5.85. The van der Waals surface area contributed by atoms with E-state index in [1.54, 1.807) is 0 Å². The minimum absolute atomic E-state index is 0. The Hall–Kier alpha value is -0.280. The minimum atomic E-state index is -0.0861. The number of nitrogens with one attached hydrogen (secondary N) is 2. The van der Waals surface area contributed by atoms with Gasteiger partial charge in [-0.25, -0.2) is 0 Å². The first-order chi connectivity index (χ1) is 7.62. The molecule has 4 heteroatoms. The summed E-state index contributed by atoms with van der Waals surface area (Å²) in [7, 11) is 0. The Bertz CT molecular complexity index is 264. The van der Waals surface area contributed by atoms with Gasteiger partial charge in [0.1, 0.15) is 0 Å². The van der Waals surface area contributed by atoms with Crippen molar-refractivity contribution in [3.8, 4) is 0 Å². The van der Waals surface area contributed by atoms with Gasteiger partial charge in [-0.05, 0) is 39.2 Å². The molecule has 1 amide bonds. The van der Waals surface area contributed by atoms with E-state index in [1.165, 1.54) is 19.3 Å². The average molecular weight is 261 g/mol. The van der Waals surface area contributed by atoms with Gasteiger partial charge in [-0.1, -0.05) is 19.8 Å². The van der Waals surface area contributed by atoms with Crippen LogP contribution >= 0.6 is 12.4 Å². The molecule has 2 unspecified atom stereocenters. The molecule has 1 saturated carbocycles. The molecule has 17 heavy (non-hydrogen) atoms. The molecule has 0 aromatic heterocycles. The fraction of sp³-hybridized carbons (Fsp3) is 0.923. The van der Waals surface area contributed by atoms with Gasteiger partial charge in [0, 0.05) is 17.5 Å². The number of halogens is 1. The second kappa shape index (κ2) is 6.05. The van der Waals surface area contributed by atoms with Crippen LogP contribution in [0.15, 0.2) is 0 Å². The SMILES string of the molecule is CC1NCCCC1NC(=O)C1(C)CCCC1.Cl. The molecule has 0 radical (unpaired) electrons. The molecular formula is C13H25ClN2O. The van der Waals surface area contributed by atoms with Gasteiger partial charge in [0.05, 0.1) is 0 Å². The van der Waals surface area contributed by atoms with Gasteiger partial charge in [0.2, 0.25) is 5.91 Å². The largest absolute Gasteiger partial charge is 0.351 e. The van der Waals surface area contributed by atoms with Crippen molar-refractivity contribution in [1.29, 1.82) is 0 Å². The Labute approximate surface area is 111 Å². The molecule has 0 bridgehead atoms. The van der Waals surface area contributed by atoms with Crippen molar-refractivity contribution in [2.75, 3.05) is 6.54 Å². The van der Waals surface area contributed by atoms with Crippen molar-refractivity contribution in [3.63, 3.8) is 0 Å². The number of piperidine rings is 1. The monoisotopic (exact) mass is 260 g/mol. The molecule has 1 aliphatic heterocycles. The van der Waals surface area contributed by atoms with Gasteiger partial charge in [-0.3, -0.25) is 4.79 Å². The molecule has 2 aliphatic rings. The number of hydrogen-bond donors (Lipinski definition) is 2. The van der Waals surface area contributed by atoms with Gasteiger partial charge in [0.15, 0.2) is 0 Å². The summed E-state index contributed by atoms with van der Waals surface area (Å²) in [5.41, 5.74) is -0.0861. The van der Waals surface area contributed by atoms with Crippen molar-refractivity contribution in [2.45, 2.75) is 64.5 Å². The van der Waals surface area contributed by atoms with E-state index in [0.29, 0.717) is 12.1 Å². The smallest absolute Gasteiger partial charge is 0.226 e. The van der Waals surface area contributed by atoms with Crippen LogP contribution in [-0.4, -0.2) is 24.5 Å². The minimum Gasteiger partial charge on any atom is -0.351 e. The van der Waals surface area contributed by atoms with Crippen LogP contribution in [0.4, 0.5) is 0 Å². The maximum absolute atomic E-state index is 12.2. The Morgan fingerprint density at radius 2 is 1.94 bits per heavy atom. The molecule has 2 fully saturated rings. The first-order valence-electron chi connectivity index (χ1n) is 6.66. The quantitative estimate of drug-likeness (QED) is 0.800. The van der Waals surface area contributed by atoms with Gasteiger partial charge < -0.3 is 10.6 Å². The van der Waals surface area contributed by atoms with E-state index < -0.39 is 0 Å². The lowest BCUT2D eigenvalue weighted by Gasteiger charge is -2.33. The van der Waals surface area contributed by atoms with Crippen LogP contribution in [-0.2, 0) is 4.79 Å². The van der Waals surface area contributed by atoms with Crippen LogP contribution in [0.5, 0.6) is 0 Å². The van der Waals surface area contributed by atoms with E-state index in [0.717, 1.165) is 25.8 Å². The van der Waals surface area contributed by atoms with E-state index >= 15 is 0 Å². The Kier molecular flexibility index (Phi) is 5.26. The Balaban J connectivity index is 0.00000144. The Morgan fingerprint density at radius 1 is 1.29 bits per heavy atom. The summed E-state index contributed by atoms with van der Waals surface area (Å²) >= 11 is 0. The maximum Gasteiger partial charge on any atom is 0.226 e. The summed E-state index contributed by atoms with van der Waals surface area (Å²) in [5, 5.41) is 6.68. The van der Waals surface area contributed by atoms with Crippen LogP contribution in [0, 0.1) is 5.41 Å². The van der Waals surface area contributed by atoms with E-state index in [2.05, 4.69) is 24.5 Å². The molecule has 3 nitrogen and oxygen atoms in total. The van der Waals surface area contributed by atoms with Crippen molar-refractivity contribution < 1.29 is 4.79 Å². The predicted octanol–water partition coefficient (Wildman–Crippen LogP) is 2.25. The van der Waals surface area contributed by atoms with Gasteiger partial charge in [-0.15, -0.1) is 12.4 Å². The summed E-state index contributed by atoms with van der Waals surface area (Å²) in [6, 6.07) is 0.751. The number of hydrogen-bond acceptors (Lipinski definition) is 2. The van der Waals surface area contributed by atoms with Crippen molar-refractivity contribution >= 4 is 18.3 Å². The lowest BCUT2D eigenvalue weighted by Crippen LogP contribution is -2.54. The summed E-state index contributed by atoms with van der Waals surface area (Å²) in [4.78, 5) is 12.2. The van der Waals surface area contributed by atoms with Gasteiger partial charge in [0.25, 0.3) is 0 Å². The number of carbonyl (C=O) groups excluding carboxylic acids is 1. The lowest BCUT2D eigenvalue weighted by atomic mass is 9.86. The normalized spacial score (nSPS) is 31.6. The van der Waals surface area contributed by atoms with Crippen LogP contribution < -0.4 is 10.6 Å². The second-order valence-electron chi connectivity index (χ2n) is 5.73. The van der Waals surface area contributed by atoms with Crippen LogP contribution in [0.1, 0.15) is 52.4 Å². The highest BCUT2D eigenvalue weighted by atomic mass is 35.5. The van der Waals surface area contributed by atoms with E-state index in [-0.39, 0.29) is 23.7 Å². The van der Waals surface area contributed by atoms with Gasteiger partial charge >= 0.3 is 0 Å². The molecular weight excluding hydrogens is 236 g/mol. The van der Waals surface area contributed by atoms with Crippen molar-refractivity contribution in [3.05, 3.63) is 0 Å². The summed E-state index contributed by atoms with van der Waals surface area (Å²) in [6.45, 7) is 5.38. The summed E-state index contributed by atoms with van der Waals surface area (Å²) < 4.78 is 0. The molecule has 2 N–H and O–H groups in total. The average Bonchev–Trinajstić information content (AvgIpc) is 2.70. The van der Waals surface area contributed by atoms with E-state index in [1.807, 2.05) is 0 Å². The molecule has 100 valence electrons. The fourth-order valence-electron chi connectivity index (χ4n) is 2.97. The number of amides is 1. The second-order valence-corrected chi connectivity index (χ2v) is 5.73. The zero-order chi connectivity index (χ0) is 11.6. The van der Waals surface area contributed by atoms with Gasteiger partial charge in [-0.2, -0.15) is 0 Å². The molecule has 0 aromatic rings. The van der Waals surface area contributed by atoms with Crippen LogP contribution in [0.25, 0.3) is 0 Å². The highest BCUT2D eigenvalue weighted by Crippen LogP contribution is 2.37. The van der Waals surface area contributed by atoms with E-state index in [4.69, 9.17) is 0 Å². The number of carbonyl (C=O) groups is 1. The molecule has 1 aliphatic carbocycles. The Morgan fingerprint density at radius 3 is 2.53 bits per heavy atom. The summed E-state index contributed by atoms with van der Waals surface area (Å²) in [5.74, 6) is 0.283. The number of rotatable bonds is 2. The molecule has 2 rings (SSSR count).